The normalized spacial score (nSPS) is 47.4. The van der Waals surface area contributed by atoms with E-state index < -0.39 is 0 Å². The molecule has 0 aromatic carbocycles. The summed E-state index contributed by atoms with van der Waals surface area (Å²) in [6.45, 7) is 9.08. The lowest BCUT2D eigenvalue weighted by Gasteiger charge is -2.52. The Morgan fingerprint density at radius 1 is 1.12 bits per heavy atom. The maximum absolute atomic E-state index is 9.75. The average Bonchev–Trinajstić information content (AvgIpc) is 2.23. The van der Waals surface area contributed by atoms with E-state index in [4.69, 9.17) is 0 Å². The van der Waals surface area contributed by atoms with Crippen LogP contribution in [0, 0.1) is 17.3 Å². The SMILES string of the molecule is CC1CCC(C)C(NC2CC(O)C2(C)C)C1. The zero-order valence-corrected chi connectivity index (χ0v) is 11.2. The van der Waals surface area contributed by atoms with Crippen LogP contribution in [0.3, 0.4) is 0 Å². The van der Waals surface area contributed by atoms with Crippen molar-refractivity contribution in [3.63, 3.8) is 0 Å². The molecule has 5 unspecified atom stereocenters. The van der Waals surface area contributed by atoms with Crippen LogP contribution < -0.4 is 5.32 Å². The lowest BCUT2D eigenvalue weighted by Crippen LogP contribution is -2.63. The lowest BCUT2D eigenvalue weighted by atomic mass is 9.64. The van der Waals surface area contributed by atoms with E-state index in [1.807, 2.05) is 0 Å². The van der Waals surface area contributed by atoms with E-state index >= 15 is 0 Å². The standard InChI is InChI=1S/C14H27NO/c1-9-5-6-10(2)11(7-9)15-12-8-13(16)14(12,3)4/h9-13,15-16H,5-8H2,1-4H3. The number of aliphatic hydroxyl groups is 1. The summed E-state index contributed by atoms with van der Waals surface area (Å²) in [7, 11) is 0. The predicted molar refractivity (Wildman–Crippen MR) is 67.3 cm³/mol. The maximum Gasteiger partial charge on any atom is 0.0621 e. The first-order valence-corrected chi connectivity index (χ1v) is 6.85. The summed E-state index contributed by atoms with van der Waals surface area (Å²) in [5, 5.41) is 13.5. The van der Waals surface area contributed by atoms with Crippen molar-refractivity contribution in [3.8, 4) is 0 Å². The molecule has 2 N–H and O–H groups in total. The van der Waals surface area contributed by atoms with Gasteiger partial charge in [-0.3, -0.25) is 0 Å². The molecule has 0 amide bonds. The van der Waals surface area contributed by atoms with Gasteiger partial charge in [0.05, 0.1) is 6.10 Å². The third-order valence-corrected chi connectivity index (χ3v) is 5.09. The first-order chi connectivity index (χ1) is 7.41. The summed E-state index contributed by atoms with van der Waals surface area (Å²) in [6, 6.07) is 1.18. The van der Waals surface area contributed by atoms with E-state index in [2.05, 4.69) is 33.0 Å². The van der Waals surface area contributed by atoms with Gasteiger partial charge in [0.25, 0.3) is 0 Å². The van der Waals surface area contributed by atoms with E-state index in [-0.39, 0.29) is 11.5 Å². The van der Waals surface area contributed by atoms with Gasteiger partial charge in [-0.2, -0.15) is 0 Å². The summed E-state index contributed by atoms with van der Waals surface area (Å²) in [6.07, 6.45) is 4.88. The molecule has 94 valence electrons. The Balaban J connectivity index is 1.89. The van der Waals surface area contributed by atoms with Crippen molar-refractivity contribution in [2.45, 2.75) is 71.6 Å². The average molecular weight is 225 g/mol. The van der Waals surface area contributed by atoms with Crippen molar-refractivity contribution in [1.29, 1.82) is 0 Å². The van der Waals surface area contributed by atoms with Crippen LogP contribution in [0.5, 0.6) is 0 Å². The van der Waals surface area contributed by atoms with Crippen LogP contribution in [0.2, 0.25) is 0 Å². The molecular weight excluding hydrogens is 198 g/mol. The first-order valence-electron chi connectivity index (χ1n) is 6.85. The van der Waals surface area contributed by atoms with Crippen molar-refractivity contribution in [2.24, 2.45) is 17.3 Å². The number of hydrogen-bond acceptors (Lipinski definition) is 2. The molecule has 0 heterocycles. The fraction of sp³-hybridized carbons (Fsp3) is 1.00. The minimum Gasteiger partial charge on any atom is -0.392 e. The molecule has 2 aliphatic carbocycles. The summed E-state index contributed by atoms with van der Waals surface area (Å²) in [5.74, 6) is 1.66. The van der Waals surface area contributed by atoms with E-state index in [1.165, 1.54) is 19.3 Å². The summed E-state index contributed by atoms with van der Waals surface area (Å²) in [4.78, 5) is 0. The maximum atomic E-state index is 9.75. The molecule has 0 aromatic heterocycles. The van der Waals surface area contributed by atoms with Crippen LogP contribution in [0.4, 0.5) is 0 Å². The van der Waals surface area contributed by atoms with Gasteiger partial charge in [0.15, 0.2) is 0 Å². The minimum atomic E-state index is -0.110. The number of nitrogens with one attached hydrogen (secondary N) is 1. The predicted octanol–water partition coefficient (Wildman–Crippen LogP) is 2.56. The van der Waals surface area contributed by atoms with E-state index in [0.717, 1.165) is 18.3 Å². The van der Waals surface area contributed by atoms with Crippen LogP contribution in [0.15, 0.2) is 0 Å². The number of aliphatic hydroxyl groups excluding tert-OH is 1. The highest BCUT2D eigenvalue weighted by Crippen LogP contribution is 2.42. The van der Waals surface area contributed by atoms with Crippen LogP contribution in [0.1, 0.15) is 53.4 Å². The largest absolute Gasteiger partial charge is 0.392 e. The lowest BCUT2D eigenvalue weighted by molar-refractivity contribution is -0.0797. The molecule has 5 atom stereocenters. The second kappa shape index (κ2) is 4.30. The molecule has 0 bridgehead atoms. The number of hydrogen-bond donors (Lipinski definition) is 2. The Bertz CT molecular complexity index is 251. The van der Waals surface area contributed by atoms with Gasteiger partial charge in [0, 0.05) is 17.5 Å². The molecule has 2 nitrogen and oxygen atoms in total. The van der Waals surface area contributed by atoms with Gasteiger partial charge in [-0.15, -0.1) is 0 Å². The summed E-state index contributed by atoms with van der Waals surface area (Å²) < 4.78 is 0. The summed E-state index contributed by atoms with van der Waals surface area (Å²) >= 11 is 0. The van der Waals surface area contributed by atoms with Crippen molar-refractivity contribution in [1.82, 2.24) is 5.32 Å². The van der Waals surface area contributed by atoms with Crippen LogP contribution in [-0.2, 0) is 0 Å². The van der Waals surface area contributed by atoms with Crippen molar-refractivity contribution < 1.29 is 5.11 Å². The zero-order chi connectivity index (χ0) is 11.9. The van der Waals surface area contributed by atoms with Crippen LogP contribution in [-0.4, -0.2) is 23.3 Å². The fourth-order valence-electron chi connectivity index (χ4n) is 3.21. The molecular formula is C14H27NO. The van der Waals surface area contributed by atoms with Gasteiger partial charge in [-0.1, -0.05) is 34.1 Å². The Morgan fingerprint density at radius 3 is 2.38 bits per heavy atom. The van der Waals surface area contributed by atoms with E-state index in [9.17, 15) is 5.11 Å². The molecule has 0 spiro atoms. The van der Waals surface area contributed by atoms with Gasteiger partial charge in [-0.25, -0.2) is 0 Å². The fourth-order valence-corrected chi connectivity index (χ4v) is 3.21. The van der Waals surface area contributed by atoms with Crippen LogP contribution >= 0.6 is 0 Å². The van der Waals surface area contributed by atoms with Crippen molar-refractivity contribution in [3.05, 3.63) is 0 Å². The van der Waals surface area contributed by atoms with Crippen molar-refractivity contribution >= 4 is 0 Å². The number of rotatable bonds is 2. The Morgan fingerprint density at radius 2 is 1.81 bits per heavy atom. The monoisotopic (exact) mass is 225 g/mol. The van der Waals surface area contributed by atoms with Gasteiger partial charge >= 0.3 is 0 Å². The molecule has 0 aromatic rings. The quantitative estimate of drug-likeness (QED) is 0.757. The van der Waals surface area contributed by atoms with E-state index in [1.54, 1.807) is 0 Å². The molecule has 2 heteroatoms. The van der Waals surface area contributed by atoms with Gasteiger partial charge in [-0.05, 0) is 31.1 Å². The molecule has 2 saturated carbocycles. The molecule has 2 fully saturated rings. The third-order valence-electron chi connectivity index (χ3n) is 5.09. The highest BCUT2D eigenvalue weighted by Gasteiger charge is 2.48. The first kappa shape index (κ1) is 12.4. The van der Waals surface area contributed by atoms with Crippen molar-refractivity contribution in [2.75, 3.05) is 0 Å². The molecule has 0 radical (unpaired) electrons. The Kier molecular flexibility index (Phi) is 3.33. The van der Waals surface area contributed by atoms with Gasteiger partial charge < -0.3 is 10.4 Å². The second-order valence-electron chi connectivity index (χ2n) is 6.79. The Hall–Kier alpha value is -0.0800. The molecule has 0 aliphatic heterocycles. The highest BCUT2D eigenvalue weighted by atomic mass is 16.3. The highest BCUT2D eigenvalue weighted by molar-refractivity contribution is 5.03. The molecule has 2 rings (SSSR count). The second-order valence-corrected chi connectivity index (χ2v) is 6.79. The molecule has 0 saturated heterocycles. The zero-order valence-electron chi connectivity index (χ0n) is 11.2. The minimum absolute atomic E-state index is 0.0698. The van der Waals surface area contributed by atoms with Gasteiger partial charge in [0.2, 0.25) is 0 Å². The van der Waals surface area contributed by atoms with Gasteiger partial charge in [0.1, 0.15) is 0 Å². The molecule has 2 aliphatic rings. The third kappa shape index (κ3) is 2.14. The Labute approximate surface area is 99.8 Å². The topological polar surface area (TPSA) is 32.3 Å². The molecule has 16 heavy (non-hydrogen) atoms. The van der Waals surface area contributed by atoms with Crippen LogP contribution in [0.25, 0.3) is 0 Å². The van der Waals surface area contributed by atoms with E-state index in [0.29, 0.717) is 12.1 Å². The smallest absolute Gasteiger partial charge is 0.0621 e. The summed E-state index contributed by atoms with van der Waals surface area (Å²) in [5.41, 5.74) is 0.0698.